The van der Waals surface area contributed by atoms with Crippen LogP contribution < -0.4 is 0 Å². The maximum absolute atomic E-state index is 4.21. The molecule has 8 heteroatoms. The van der Waals surface area contributed by atoms with Crippen LogP contribution in [0.2, 0.25) is 0 Å². The molecule has 136 heavy (non-hydrogen) atoms. The van der Waals surface area contributed by atoms with Crippen LogP contribution in [-0.4, -0.2) is 39.9 Å². The Morgan fingerprint density at radius 3 is 0.338 bits per heavy atom. The van der Waals surface area contributed by atoms with Crippen LogP contribution in [0.1, 0.15) is 440 Å². The summed E-state index contributed by atoms with van der Waals surface area (Å²) in [5.74, 6) is 22.8. The molecule has 6 aromatic carbocycles. The van der Waals surface area contributed by atoms with Gasteiger partial charge >= 0.3 is 0 Å². The molecular weight excluding hydrogens is 1650 g/mol. The second kappa shape index (κ2) is 33.8. The fourth-order valence-electron chi connectivity index (χ4n) is 18.8. The first kappa shape index (κ1) is 96.7. The highest BCUT2D eigenvalue weighted by Crippen LogP contribution is 2.49. The molecule has 10 heterocycles. The van der Waals surface area contributed by atoms with Gasteiger partial charge in [-0.1, -0.05) is 249 Å². The molecule has 2 aliphatic rings. The molecule has 0 radical (unpaired) electrons. The zero-order chi connectivity index (χ0) is 98.8. The largest absolute Gasteiger partial charge is 0.327 e. The van der Waals surface area contributed by atoms with Gasteiger partial charge in [-0.2, -0.15) is 0 Å². The normalized spacial score (nSPS) is 14.2. The number of aromatic nitrogens is 8. The van der Waals surface area contributed by atoms with E-state index in [0.29, 0.717) is 0 Å². The van der Waals surface area contributed by atoms with E-state index in [-0.39, 0.29) is 65.0 Å². The molecular formula is C128H150N8+8. The summed E-state index contributed by atoms with van der Waals surface area (Å²) in [4.78, 5) is 33.4. The summed E-state index contributed by atoms with van der Waals surface area (Å²) >= 11 is 0. The van der Waals surface area contributed by atoms with Crippen LogP contribution >= 0.6 is 0 Å². The smallest absolute Gasteiger partial charge is 0.167 e. The lowest BCUT2D eigenvalue weighted by Gasteiger charge is -2.25. The Balaban J connectivity index is 0.937. The predicted molar refractivity (Wildman–Crippen MR) is 571 cm³/mol. The molecule has 16 rings (SSSR count). The molecule has 8 aromatic heterocycles. The average Bonchev–Trinajstić information content (AvgIpc) is 1.60. The monoisotopic (exact) mass is 1800 g/mol. The number of fused-ring (bicyclic) bond motifs is 16. The van der Waals surface area contributed by atoms with Gasteiger partial charge in [0.1, 0.15) is 104 Å². The van der Waals surface area contributed by atoms with Crippen LogP contribution in [0.25, 0.3) is 0 Å². The van der Waals surface area contributed by atoms with Gasteiger partial charge in [0.2, 0.25) is 0 Å². The lowest BCUT2D eigenvalue weighted by Crippen LogP contribution is -2.19. The van der Waals surface area contributed by atoms with E-state index in [0.717, 1.165) is 172 Å². The van der Waals surface area contributed by atoms with Crippen LogP contribution in [-0.2, 0) is 65.0 Å². The van der Waals surface area contributed by atoms with Crippen LogP contribution in [0.4, 0.5) is 0 Å². The van der Waals surface area contributed by atoms with E-state index in [1.165, 1.54) is 66.8 Å². The van der Waals surface area contributed by atoms with E-state index in [1.54, 1.807) is 0 Å². The van der Waals surface area contributed by atoms with Crippen molar-refractivity contribution in [2.45, 2.75) is 314 Å². The van der Waals surface area contributed by atoms with Crippen LogP contribution in [0.3, 0.4) is 0 Å². The SMILES string of the molecule is CC(C)(C)c1cc([C+]2c3ccc([nH]3)[C+](C#CC#C[C+]3c4ccc([nH]4)[C+](c4cc(C(C)(C)C)cc(C(C)(C)C)c4)c4ccc([nH]4)[C+](c4cc(C(C)(C)C)cc(C(C)(C)C)c4)c4ccc([nH]4)[C+](c4cc(C(C)(C)C)cc(C(C)(C)C)c4)c4ccc3[nH]4)c3ccc([nH]3)[C+](c3cc(C(C)(C)C)cc(C(C)(C)C)c3)c3ccc([nH]3)[C+](c3cc(C(C)(C)C)cc(C(C)(C)C)c3)c3ccc2[nH]3)cc(C(C)(C)C)c1. The molecule has 0 atom stereocenters. The molecule has 16 bridgehead atoms. The number of aromatic amines is 8. The molecule has 0 fully saturated rings. The first-order valence-electron chi connectivity index (χ1n) is 49.4. The van der Waals surface area contributed by atoms with Crippen molar-refractivity contribution in [1.29, 1.82) is 0 Å². The van der Waals surface area contributed by atoms with Gasteiger partial charge in [-0.15, -0.1) is 0 Å². The van der Waals surface area contributed by atoms with E-state index in [1.807, 2.05) is 0 Å². The first-order chi connectivity index (χ1) is 62.9. The summed E-state index contributed by atoms with van der Waals surface area (Å²) < 4.78 is 0. The van der Waals surface area contributed by atoms with Crippen molar-refractivity contribution in [2.24, 2.45) is 0 Å². The summed E-state index contributed by atoms with van der Waals surface area (Å²) in [6.45, 7) is 83.9. The minimum atomic E-state index is -0.170. The van der Waals surface area contributed by atoms with Crippen LogP contribution in [0.15, 0.2) is 206 Å². The van der Waals surface area contributed by atoms with E-state index >= 15 is 0 Å². The van der Waals surface area contributed by atoms with Crippen molar-refractivity contribution in [3.05, 3.63) is 445 Å². The molecule has 694 valence electrons. The van der Waals surface area contributed by atoms with Crippen LogP contribution in [0.5, 0.6) is 0 Å². The fraction of sp³-hybridized carbons (Fsp3) is 0.375. The highest BCUT2D eigenvalue weighted by atomic mass is 14.9. The second-order valence-corrected chi connectivity index (χ2v) is 51.6. The second-order valence-electron chi connectivity index (χ2n) is 51.6. The number of benzene rings is 6. The van der Waals surface area contributed by atoms with Gasteiger partial charge in [0.05, 0.1) is 142 Å². The maximum Gasteiger partial charge on any atom is 0.167 e. The van der Waals surface area contributed by atoms with E-state index in [2.05, 4.69) is 519 Å². The van der Waals surface area contributed by atoms with Crippen molar-refractivity contribution in [3.63, 3.8) is 0 Å². The maximum atomic E-state index is 4.21. The zero-order valence-corrected chi connectivity index (χ0v) is 88.6. The van der Waals surface area contributed by atoms with E-state index in [9.17, 15) is 0 Å². The average molecular weight is 1800 g/mol. The first-order valence-corrected chi connectivity index (χ1v) is 49.4. The van der Waals surface area contributed by atoms with Gasteiger partial charge in [-0.05, 0) is 168 Å². The quantitative estimate of drug-likeness (QED) is 0.0597. The lowest BCUT2D eigenvalue weighted by molar-refractivity contribution is 0.567. The third-order valence-electron chi connectivity index (χ3n) is 28.0. The van der Waals surface area contributed by atoms with Gasteiger partial charge in [0.25, 0.3) is 0 Å². The van der Waals surface area contributed by atoms with E-state index in [4.69, 9.17) is 0 Å². The number of hydrogen-bond donors (Lipinski definition) is 8. The Bertz CT molecular complexity index is 5980. The highest BCUT2D eigenvalue weighted by Gasteiger charge is 2.45. The van der Waals surface area contributed by atoms with Gasteiger partial charge in [-0.3, -0.25) is 0 Å². The van der Waals surface area contributed by atoms with Gasteiger partial charge in [0.15, 0.2) is 46.5 Å². The molecule has 8 N–H and O–H groups in total. The number of nitrogens with one attached hydrogen (secondary N) is 8. The minimum Gasteiger partial charge on any atom is -0.327 e. The van der Waals surface area contributed by atoms with Gasteiger partial charge in [0, 0.05) is 72.8 Å². The van der Waals surface area contributed by atoms with E-state index < -0.39 is 0 Å². The third kappa shape index (κ3) is 19.9. The molecule has 0 saturated heterocycles. The lowest BCUT2D eigenvalue weighted by atomic mass is 9.77. The topological polar surface area (TPSA) is 126 Å². The molecule has 0 unspecified atom stereocenters. The summed E-state index contributed by atoms with van der Waals surface area (Å²) in [7, 11) is 0. The fourth-order valence-corrected chi connectivity index (χ4v) is 18.8. The summed E-state index contributed by atoms with van der Waals surface area (Å²) in [5.41, 5.74) is 35.0. The number of H-pyrrole nitrogens is 8. The van der Waals surface area contributed by atoms with Gasteiger partial charge < -0.3 is 39.9 Å². The van der Waals surface area contributed by atoms with Gasteiger partial charge in [-0.25, -0.2) is 0 Å². The molecule has 0 saturated carbocycles. The predicted octanol–water partition coefficient (Wildman–Crippen LogP) is 31.3. The van der Waals surface area contributed by atoms with Crippen molar-refractivity contribution in [2.75, 3.05) is 0 Å². The molecule has 14 aromatic rings. The molecule has 0 amide bonds. The summed E-state index contributed by atoms with van der Waals surface area (Å²) in [6.07, 6.45) is 0. The molecule has 0 aliphatic carbocycles. The summed E-state index contributed by atoms with van der Waals surface area (Å²) in [6, 6.07) is 79.9. The molecule has 2 aliphatic heterocycles. The van der Waals surface area contributed by atoms with Crippen molar-refractivity contribution >= 4 is 0 Å². The minimum absolute atomic E-state index is 0.143. The number of hydrogen-bond acceptors (Lipinski definition) is 0. The van der Waals surface area contributed by atoms with Crippen molar-refractivity contribution in [3.8, 4) is 23.7 Å². The van der Waals surface area contributed by atoms with Crippen molar-refractivity contribution < 1.29 is 0 Å². The third-order valence-corrected chi connectivity index (χ3v) is 28.0. The van der Waals surface area contributed by atoms with Crippen LogP contribution in [0, 0.1) is 71.0 Å². The molecule has 0 spiro atoms. The Morgan fingerprint density at radius 1 is 0.140 bits per heavy atom. The summed E-state index contributed by atoms with van der Waals surface area (Å²) in [5, 5.41) is 0. The Labute approximate surface area is 817 Å². The number of rotatable bonds is 6. The standard InChI is InChI=1S/C128H150N8/c1-117(2,3)81-57-75(58-82(69-81)118(4,5)6)111-99-45-41-95(129-99)93(96-42-46-100(130-96)112(76-59-83(119(7,8)9)70-84(60-76)120(10,11)12)104-50-54-108(134-104)115(107-53-49-103(111)133-107)79-65-89(125(25,26)27)73-90(66-79)126(28,29)30)39-37-38-40-94-97-43-47-101(131-97)113(77-61-85(121(13,14)15)71-86(62-77)122(16,17)18)105-51-55-109(135-105)116(80-67-91(127(31,32)33)74-92(68-80)128(34,35)36)110-56-52-106(136-110)114(102-48-44-98(94)132-102)78-63-87(123(19,20)21)72-88(64-78)124(22,23)24/h41-74,129-136H,1-36H3/q+8. The Morgan fingerprint density at radius 2 is 0.235 bits per heavy atom. The Hall–Kier alpha value is -12.4. The Kier molecular flexibility index (Phi) is 24.1. The zero-order valence-electron chi connectivity index (χ0n) is 88.6. The molecule has 8 nitrogen and oxygen atoms in total. The highest BCUT2D eigenvalue weighted by molar-refractivity contribution is 5.70. The van der Waals surface area contributed by atoms with Crippen molar-refractivity contribution in [1.82, 2.24) is 39.9 Å².